The average molecular weight is 230 g/mol. The summed E-state index contributed by atoms with van der Waals surface area (Å²) in [6.07, 6.45) is 6.74. The minimum Gasteiger partial charge on any atom is -0.314 e. The fourth-order valence-corrected chi connectivity index (χ4v) is 2.57. The third-order valence-electron chi connectivity index (χ3n) is 3.57. The fourth-order valence-electron chi connectivity index (χ4n) is 2.57. The first kappa shape index (κ1) is 10.7. The summed E-state index contributed by atoms with van der Waals surface area (Å²) in [6, 6.07) is 4.54. The van der Waals surface area contributed by atoms with Crippen molar-refractivity contribution < 1.29 is 0 Å². The van der Waals surface area contributed by atoms with Crippen molar-refractivity contribution in [3.63, 3.8) is 0 Å². The molecule has 0 aromatic carbocycles. The maximum Gasteiger partial charge on any atom is 0.154 e. The molecule has 1 saturated heterocycles. The van der Waals surface area contributed by atoms with Gasteiger partial charge in [0.1, 0.15) is 0 Å². The van der Waals surface area contributed by atoms with Crippen molar-refractivity contribution in [2.45, 2.75) is 38.6 Å². The van der Waals surface area contributed by atoms with E-state index in [4.69, 9.17) is 0 Å². The van der Waals surface area contributed by atoms with Gasteiger partial charge in [-0.2, -0.15) is 5.10 Å². The molecule has 0 bridgehead atoms. The number of imidazole rings is 1. The zero-order valence-electron chi connectivity index (χ0n) is 10.2. The molecule has 1 N–H and O–H groups in total. The predicted molar refractivity (Wildman–Crippen MR) is 67.1 cm³/mol. The third-order valence-corrected chi connectivity index (χ3v) is 3.57. The van der Waals surface area contributed by atoms with Crippen LogP contribution in [0.4, 0.5) is 0 Å². The fraction of sp³-hybridized carbons (Fsp3) is 0.538. The van der Waals surface area contributed by atoms with E-state index < -0.39 is 0 Å². The second-order valence-corrected chi connectivity index (χ2v) is 4.79. The van der Waals surface area contributed by atoms with Gasteiger partial charge in [0.25, 0.3) is 0 Å². The largest absolute Gasteiger partial charge is 0.314 e. The molecule has 0 amide bonds. The van der Waals surface area contributed by atoms with Crippen LogP contribution in [0.2, 0.25) is 0 Å². The Morgan fingerprint density at radius 1 is 1.47 bits per heavy atom. The SMILES string of the molecule is Cc1c(C[C@@H]2CCCCN2)nc2cccnn12. The molecule has 2 aromatic heterocycles. The number of piperidine rings is 1. The average Bonchev–Trinajstić information content (AvgIpc) is 2.68. The molecule has 0 spiro atoms. The molecule has 0 unspecified atom stereocenters. The van der Waals surface area contributed by atoms with Gasteiger partial charge in [-0.3, -0.25) is 0 Å². The highest BCUT2D eigenvalue weighted by Gasteiger charge is 2.17. The molecular weight excluding hydrogens is 212 g/mol. The van der Waals surface area contributed by atoms with E-state index in [-0.39, 0.29) is 0 Å². The first-order valence-electron chi connectivity index (χ1n) is 6.37. The third kappa shape index (κ3) is 2.05. The van der Waals surface area contributed by atoms with Crippen molar-refractivity contribution in [1.29, 1.82) is 0 Å². The molecular formula is C13H18N4. The lowest BCUT2D eigenvalue weighted by Crippen LogP contribution is -2.35. The summed E-state index contributed by atoms with van der Waals surface area (Å²) in [5.74, 6) is 0. The van der Waals surface area contributed by atoms with Gasteiger partial charge in [-0.1, -0.05) is 6.42 Å². The molecule has 1 atom stereocenters. The Balaban J connectivity index is 1.87. The van der Waals surface area contributed by atoms with Crippen molar-refractivity contribution >= 4 is 5.65 Å². The lowest BCUT2D eigenvalue weighted by molar-refractivity contribution is 0.397. The Hall–Kier alpha value is -1.42. The maximum atomic E-state index is 4.67. The summed E-state index contributed by atoms with van der Waals surface area (Å²) in [4.78, 5) is 4.67. The minimum atomic E-state index is 0.590. The van der Waals surface area contributed by atoms with Crippen molar-refractivity contribution in [1.82, 2.24) is 19.9 Å². The zero-order valence-corrected chi connectivity index (χ0v) is 10.2. The van der Waals surface area contributed by atoms with Crippen LogP contribution in [0.5, 0.6) is 0 Å². The van der Waals surface area contributed by atoms with E-state index in [0.717, 1.165) is 18.6 Å². The second-order valence-electron chi connectivity index (χ2n) is 4.79. The van der Waals surface area contributed by atoms with Crippen LogP contribution in [0.25, 0.3) is 5.65 Å². The molecule has 0 radical (unpaired) electrons. The molecule has 4 heteroatoms. The Morgan fingerprint density at radius 2 is 2.41 bits per heavy atom. The van der Waals surface area contributed by atoms with Crippen molar-refractivity contribution in [3.8, 4) is 0 Å². The van der Waals surface area contributed by atoms with Gasteiger partial charge in [0.2, 0.25) is 0 Å². The highest BCUT2D eigenvalue weighted by atomic mass is 15.3. The Kier molecular flexibility index (Phi) is 2.81. The van der Waals surface area contributed by atoms with Crippen molar-refractivity contribution in [2.24, 2.45) is 0 Å². The molecule has 90 valence electrons. The molecule has 1 aliphatic heterocycles. The van der Waals surface area contributed by atoms with Gasteiger partial charge < -0.3 is 5.32 Å². The number of hydrogen-bond acceptors (Lipinski definition) is 3. The Morgan fingerprint density at radius 3 is 3.18 bits per heavy atom. The molecule has 1 fully saturated rings. The number of aromatic nitrogens is 3. The monoisotopic (exact) mass is 230 g/mol. The van der Waals surface area contributed by atoms with Crippen LogP contribution in [0.15, 0.2) is 18.3 Å². The molecule has 0 aliphatic carbocycles. The van der Waals surface area contributed by atoms with Crippen LogP contribution in [-0.4, -0.2) is 27.2 Å². The number of rotatable bonds is 2. The number of nitrogens with one attached hydrogen (secondary N) is 1. The summed E-state index contributed by atoms with van der Waals surface area (Å²) in [6.45, 7) is 3.25. The lowest BCUT2D eigenvalue weighted by atomic mass is 10.00. The summed E-state index contributed by atoms with van der Waals surface area (Å²) >= 11 is 0. The van der Waals surface area contributed by atoms with Crippen LogP contribution in [0.3, 0.4) is 0 Å². The highest BCUT2D eigenvalue weighted by Crippen LogP contribution is 2.16. The first-order valence-corrected chi connectivity index (χ1v) is 6.37. The zero-order chi connectivity index (χ0) is 11.7. The molecule has 3 heterocycles. The summed E-state index contributed by atoms with van der Waals surface area (Å²) in [5.41, 5.74) is 3.31. The minimum absolute atomic E-state index is 0.590. The van der Waals surface area contributed by atoms with Gasteiger partial charge in [-0.05, 0) is 38.4 Å². The van der Waals surface area contributed by atoms with Gasteiger partial charge in [0.05, 0.1) is 11.4 Å². The van der Waals surface area contributed by atoms with E-state index in [1.807, 2.05) is 22.8 Å². The van der Waals surface area contributed by atoms with E-state index in [1.54, 1.807) is 0 Å². The van der Waals surface area contributed by atoms with E-state index in [0.29, 0.717) is 6.04 Å². The predicted octanol–water partition coefficient (Wildman–Crippen LogP) is 1.72. The van der Waals surface area contributed by atoms with Gasteiger partial charge in [0.15, 0.2) is 5.65 Å². The Bertz CT molecular complexity index is 511. The maximum absolute atomic E-state index is 4.67. The smallest absolute Gasteiger partial charge is 0.154 e. The number of aryl methyl sites for hydroxylation is 1. The van der Waals surface area contributed by atoms with E-state index in [2.05, 4.69) is 22.3 Å². The number of nitrogens with zero attached hydrogens (tertiary/aromatic N) is 3. The molecule has 3 rings (SSSR count). The first-order chi connectivity index (χ1) is 8.34. The highest BCUT2D eigenvalue weighted by molar-refractivity contribution is 5.40. The van der Waals surface area contributed by atoms with Crippen LogP contribution in [0.1, 0.15) is 30.7 Å². The van der Waals surface area contributed by atoms with Gasteiger partial charge >= 0.3 is 0 Å². The summed E-state index contributed by atoms with van der Waals surface area (Å²) in [7, 11) is 0. The van der Waals surface area contributed by atoms with Crippen LogP contribution in [0, 0.1) is 6.92 Å². The molecule has 2 aromatic rings. The molecule has 4 nitrogen and oxygen atoms in total. The van der Waals surface area contributed by atoms with Crippen LogP contribution < -0.4 is 5.32 Å². The van der Waals surface area contributed by atoms with Crippen molar-refractivity contribution in [2.75, 3.05) is 6.54 Å². The quantitative estimate of drug-likeness (QED) is 0.854. The number of fused-ring (bicyclic) bond motifs is 1. The summed E-state index contributed by atoms with van der Waals surface area (Å²) < 4.78 is 1.93. The van der Waals surface area contributed by atoms with Crippen LogP contribution >= 0.6 is 0 Å². The summed E-state index contributed by atoms with van der Waals surface area (Å²) in [5, 5.41) is 7.90. The van der Waals surface area contributed by atoms with Crippen LogP contribution in [-0.2, 0) is 6.42 Å². The normalized spacial score (nSPS) is 20.9. The molecule has 1 aliphatic rings. The molecule has 0 saturated carbocycles. The van der Waals surface area contributed by atoms with E-state index in [9.17, 15) is 0 Å². The lowest BCUT2D eigenvalue weighted by Gasteiger charge is -2.22. The van der Waals surface area contributed by atoms with E-state index >= 15 is 0 Å². The van der Waals surface area contributed by atoms with Gasteiger partial charge in [-0.15, -0.1) is 0 Å². The topological polar surface area (TPSA) is 42.2 Å². The second kappa shape index (κ2) is 4.45. The van der Waals surface area contributed by atoms with Gasteiger partial charge in [0, 0.05) is 18.7 Å². The molecule has 17 heavy (non-hydrogen) atoms. The number of hydrogen-bond donors (Lipinski definition) is 1. The van der Waals surface area contributed by atoms with E-state index in [1.165, 1.54) is 30.7 Å². The Labute approximate surface area is 101 Å². The standard InChI is InChI=1S/C13H18N4/c1-10-12(9-11-5-2-3-7-14-11)16-13-6-4-8-15-17(10)13/h4,6,8,11,14H,2-3,5,7,9H2,1H3/t11-/m0/s1. The van der Waals surface area contributed by atoms with Gasteiger partial charge in [-0.25, -0.2) is 9.50 Å². The van der Waals surface area contributed by atoms with Crippen molar-refractivity contribution in [3.05, 3.63) is 29.7 Å².